The Bertz CT molecular complexity index is 866. The summed E-state index contributed by atoms with van der Waals surface area (Å²) in [5, 5.41) is 11.3. The summed E-state index contributed by atoms with van der Waals surface area (Å²) in [4.78, 5) is 26.3. The number of nitro groups is 1. The van der Waals surface area contributed by atoms with Gasteiger partial charge in [-0.25, -0.2) is 8.42 Å². The fourth-order valence-corrected chi connectivity index (χ4v) is 5.22. The van der Waals surface area contributed by atoms with Crippen LogP contribution in [0.2, 0.25) is 0 Å². The Hall–Kier alpha value is -2.24. The number of non-ortho nitro benzene ring substituents is 1. The first-order chi connectivity index (χ1) is 13.2. The Balaban J connectivity index is 2.08. The standard InChI is InChI=1S/C17H24N4O6S/c1-18(2)17(22)15-4-3-7-20(15)14-6-5-13(21(23)24)12-16(14)28(25,26)19-8-10-27-11-9-19/h5-6,12,15H,3-4,7-11H2,1-2H3/t15-/m1/s1. The molecule has 154 valence electrons. The largest absolute Gasteiger partial charge is 0.379 e. The van der Waals surface area contributed by atoms with Crippen LogP contribution in [0.1, 0.15) is 12.8 Å². The summed E-state index contributed by atoms with van der Waals surface area (Å²) in [5.41, 5.74) is 0.0278. The van der Waals surface area contributed by atoms with Crippen molar-refractivity contribution in [1.82, 2.24) is 9.21 Å². The van der Waals surface area contributed by atoms with Crippen LogP contribution < -0.4 is 4.90 Å². The molecule has 0 spiro atoms. The molecule has 2 aliphatic rings. The molecule has 0 radical (unpaired) electrons. The molecule has 0 saturated carbocycles. The molecule has 0 bridgehead atoms. The molecule has 1 amide bonds. The van der Waals surface area contributed by atoms with Crippen molar-refractivity contribution in [2.24, 2.45) is 0 Å². The van der Waals surface area contributed by atoms with Crippen molar-refractivity contribution in [2.45, 2.75) is 23.8 Å². The second kappa shape index (κ2) is 8.02. The second-order valence-corrected chi connectivity index (χ2v) is 8.92. The maximum atomic E-state index is 13.3. The van der Waals surface area contributed by atoms with Crippen molar-refractivity contribution in [3.63, 3.8) is 0 Å². The van der Waals surface area contributed by atoms with E-state index in [-0.39, 0.29) is 42.8 Å². The Morgan fingerprint density at radius 2 is 1.93 bits per heavy atom. The number of anilines is 1. The van der Waals surface area contributed by atoms with Crippen LogP contribution in [0.25, 0.3) is 0 Å². The third kappa shape index (κ3) is 3.82. The molecule has 10 nitrogen and oxygen atoms in total. The zero-order valence-electron chi connectivity index (χ0n) is 15.9. The number of benzene rings is 1. The predicted molar refractivity (Wildman–Crippen MR) is 102 cm³/mol. The van der Waals surface area contributed by atoms with E-state index in [1.807, 2.05) is 0 Å². The lowest BCUT2D eigenvalue weighted by molar-refractivity contribution is -0.385. The van der Waals surface area contributed by atoms with Crippen molar-refractivity contribution >= 4 is 27.3 Å². The third-order valence-electron chi connectivity index (χ3n) is 5.03. The van der Waals surface area contributed by atoms with E-state index in [1.165, 1.54) is 21.3 Å². The van der Waals surface area contributed by atoms with Gasteiger partial charge < -0.3 is 14.5 Å². The Morgan fingerprint density at radius 3 is 2.54 bits per heavy atom. The number of carbonyl (C=O) groups is 1. The average molecular weight is 412 g/mol. The molecule has 2 fully saturated rings. The maximum absolute atomic E-state index is 13.3. The summed E-state index contributed by atoms with van der Waals surface area (Å²) >= 11 is 0. The zero-order chi connectivity index (χ0) is 20.5. The van der Waals surface area contributed by atoms with Gasteiger partial charge in [-0.05, 0) is 18.9 Å². The van der Waals surface area contributed by atoms with Crippen LogP contribution in [0.15, 0.2) is 23.1 Å². The van der Waals surface area contributed by atoms with Gasteiger partial charge in [0.1, 0.15) is 10.9 Å². The van der Waals surface area contributed by atoms with Crippen LogP contribution in [0, 0.1) is 10.1 Å². The number of rotatable bonds is 5. The topological polar surface area (TPSA) is 113 Å². The van der Waals surface area contributed by atoms with Crippen LogP contribution >= 0.6 is 0 Å². The summed E-state index contributed by atoms with van der Waals surface area (Å²) in [7, 11) is -0.668. The lowest BCUT2D eigenvalue weighted by atomic mass is 10.2. The molecule has 1 aromatic carbocycles. The number of hydrogen-bond donors (Lipinski definition) is 0. The van der Waals surface area contributed by atoms with Gasteiger partial charge in [-0.2, -0.15) is 4.31 Å². The van der Waals surface area contributed by atoms with Gasteiger partial charge in [-0.1, -0.05) is 0 Å². The highest BCUT2D eigenvalue weighted by molar-refractivity contribution is 7.89. The minimum atomic E-state index is -3.97. The highest BCUT2D eigenvalue weighted by atomic mass is 32.2. The Morgan fingerprint density at radius 1 is 1.25 bits per heavy atom. The molecule has 28 heavy (non-hydrogen) atoms. The fraction of sp³-hybridized carbons (Fsp3) is 0.588. The van der Waals surface area contributed by atoms with Crippen LogP contribution in [0.5, 0.6) is 0 Å². The number of ether oxygens (including phenoxy) is 1. The first kappa shape index (κ1) is 20.5. The van der Waals surface area contributed by atoms with E-state index < -0.39 is 21.0 Å². The molecule has 1 aromatic rings. The van der Waals surface area contributed by atoms with Gasteiger partial charge in [0, 0.05) is 45.9 Å². The zero-order valence-corrected chi connectivity index (χ0v) is 16.7. The lowest BCUT2D eigenvalue weighted by Crippen LogP contribution is -2.44. The summed E-state index contributed by atoms with van der Waals surface area (Å²) in [6.45, 7) is 1.42. The number of morpholine rings is 1. The molecule has 0 aromatic heterocycles. The summed E-state index contributed by atoms with van der Waals surface area (Å²) in [6, 6.07) is 3.32. The van der Waals surface area contributed by atoms with Gasteiger partial charge in [-0.3, -0.25) is 14.9 Å². The molecule has 3 rings (SSSR count). The molecule has 0 N–H and O–H groups in total. The fourth-order valence-electron chi connectivity index (χ4n) is 3.60. The van der Waals surface area contributed by atoms with Gasteiger partial charge in [0.25, 0.3) is 5.69 Å². The quantitative estimate of drug-likeness (QED) is 0.516. The van der Waals surface area contributed by atoms with E-state index >= 15 is 0 Å². The second-order valence-electron chi connectivity index (χ2n) is 7.01. The van der Waals surface area contributed by atoms with Crippen LogP contribution in [0.3, 0.4) is 0 Å². The van der Waals surface area contributed by atoms with E-state index in [0.717, 1.165) is 12.5 Å². The van der Waals surface area contributed by atoms with Gasteiger partial charge in [0.15, 0.2) is 0 Å². The number of likely N-dealkylation sites (N-methyl/N-ethyl adjacent to an activating group) is 1. The summed E-state index contributed by atoms with van der Waals surface area (Å²) in [6.07, 6.45) is 1.34. The predicted octanol–water partition coefficient (Wildman–Crippen LogP) is 0.673. The average Bonchev–Trinajstić information content (AvgIpc) is 3.17. The van der Waals surface area contributed by atoms with Gasteiger partial charge in [0.2, 0.25) is 15.9 Å². The lowest BCUT2D eigenvalue weighted by Gasteiger charge is -2.31. The highest BCUT2D eigenvalue weighted by Gasteiger charge is 2.37. The molecule has 2 heterocycles. The van der Waals surface area contributed by atoms with Crippen molar-refractivity contribution in [1.29, 1.82) is 0 Å². The molecular weight excluding hydrogens is 388 g/mol. The van der Waals surface area contributed by atoms with Gasteiger partial charge in [0.05, 0.1) is 23.8 Å². The number of nitro benzene ring substituents is 1. The van der Waals surface area contributed by atoms with Crippen LogP contribution in [0.4, 0.5) is 11.4 Å². The molecular formula is C17H24N4O6S. The van der Waals surface area contributed by atoms with E-state index in [0.29, 0.717) is 18.7 Å². The number of carbonyl (C=O) groups excluding carboxylic acids is 1. The molecule has 11 heteroatoms. The molecule has 2 aliphatic heterocycles. The monoisotopic (exact) mass is 412 g/mol. The van der Waals surface area contributed by atoms with E-state index in [4.69, 9.17) is 4.74 Å². The minimum Gasteiger partial charge on any atom is -0.379 e. The van der Waals surface area contributed by atoms with Crippen molar-refractivity contribution < 1.29 is 22.9 Å². The smallest absolute Gasteiger partial charge is 0.270 e. The van der Waals surface area contributed by atoms with Crippen LogP contribution in [-0.4, -0.2) is 81.4 Å². The van der Waals surface area contributed by atoms with Crippen molar-refractivity contribution in [3.8, 4) is 0 Å². The highest BCUT2D eigenvalue weighted by Crippen LogP contribution is 2.36. The first-order valence-electron chi connectivity index (χ1n) is 9.07. The van der Waals surface area contributed by atoms with E-state index in [2.05, 4.69) is 0 Å². The van der Waals surface area contributed by atoms with Gasteiger partial charge in [-0.15, -0.1) is 0 Å². The SMILES string of the molecule is CN(C)C(=O)[C@H]1CCCN1c1ccc([N+](=O)[O-])cc1S(=O)(=O)N1CCOCC1. The summed E-state index contributed by atoms with van der Waals surface area (Å²) in [5.74, 6) is -0.120. The normalized spacial score (nSPS) is 20.9. The molecule has 0 aliphatic carbocycles. The van der Waals surface area contributed by atoms with Gasteiger partial charge >= 0.3 is 0 Å². The number of amides is 1. The first-order valence-corrected chi connectivity index (χ1v) is 10.5. The van der Waals surface area contributed by atoms with E-state index in [1.54, 1.807) is 19.0 Å². The Kier molecular flexibility index (Phi) is 5.87. The molecule has 0 unspecified atom stereocenters. The van der Waals surface area contributed by atoms with E-state index in [9.17, 15) is 23.3 Å². The molecule has 1 atom stereocenters. The number of nitrogens with zero attached hydrogens (tertiary/aromatic N) is 4. The number of sulfonamides is 1. The van der Waals surface area contributed by atoms with Crippen molar-refractivity contribution in [2.75, 3.05) is 51.8 Å². The third-order valence-corrected chi connectivity index (χ3v) is 6.96. The molecule has 2 saturated heterocycles. The minimum absolute atomic E-state index is 0.120. The van der Waals surface area contributed by atoms with Crippen molar-refractivity contribution in [3.05, 3.63) is 28.3 Å². The summed E-state index contributed by atoms with van der Waals surface area (Å²) < 4.78 is 33.0. The Labute approximate surface area is 163 Å². The maximum Gasteiger partial charge on any atom is 0.270 e. The van der Waals surface area contributed by atoms with Crippen LogP contribution in [-0.2, 0) is 19.6 Å². The number of hydrogen-bond acceptors (Lipinski definition) is 7.